The number of nitro groups is 1. The molecular formula is C18H14ClFN6O3. The van der Waals surface area contributed by atoms with Crippen LogP contribution in [0.2, 0.25) is 5.02 Å². The first kappa shape index (κ1) is 20.0. The van der Waals surface area contributed by atoms with Crippen LogP contribution in [0.4, 0.5) is 21.7 Å². The minimum absolute atomic E-state index is 0.0659. The van der Waals surface area contributed by atoms with Crippen LogP contribution >= 0.6 is 11.6 Å². The zero-order valence-corrected chi connectivity index (χ0v) is 15.5. The van der Waals surface area contributed by atoms with Crippen LogP contribution in [0.3, 0.4) is 0 Å². The van der Waals surface area contributed by atoms with E-state index in [0.717, 1.165) is 6.33 Å². The van der Waals surface area contributed by atoms with Crippen molar-refractivity contribution in [3.05, 3.63) is 86.9 Å². The number of aromatic nitrogens is 2. The van der Waals surface area contributed by atoms with Crippen molar-refractivity contribution in [1.82, 2.24) is 15.4 Å². The Morgan fingerprint density at radius 1 is 1.10 bits per heavy atom. The van der Waals surface area contributed by atoms with Gasteiger partial charge in [0.15, 0.2) is 0 Å². The number of anilines is 2. The molecule has 148 valence electrons. The molecule has 3 aromatic rings. The number of halogens is 2. The molecule has 29 heavy (non-hydrogen) atoms. The Morgan fingerprint density at radius 2 is 1.79 bits per heavy atom. The van der Waals surface area contributed by atoms with Crippen LogP contribution in [-0.4, -0.2) is 20.8 Å². The fourth-order valence-corrected chi connectivity index (χ4v) is 2.61. The normalized spacial score (nSPS) is 10.3. The predicted molar refractivity (Wildman–Crippen MR) is 105 cm³/mol. The van der Waals surface area contributed by atoms with E-state index in [0.29, 0.717) is 5.56 Å². The third-order valence-electron chi connectivity index (χ3n) is 3.79. The highest BCUT2D eigenvalue weighted by Gasteiger charge is 2.23. The van der Waals surface area contributed by atoms with Crippen molar-refractivity contribution in [2.45, 2.75) is 6.54 Å². The quantitative estimate of drug-likeness (QED) is 0.397. The van der Waals surface area contributed by atoms with Gasteiger partial charge in [0.25, 0.3) is 5.91 Å². The van der Waals surface area contributed by atoms with Crippen LogP contribution in [0, 0.1) is 15.9 Å². The number of nitrogens with zero attached hydrogens (tertiary/aromatic N) is 3. The van der Waals surface area contributed by atoms with E-state index >= 15 is 0 Å². The number of carbonyl (C=O) groups is 1. The first-order chi connectivity index (χ1) is 14.0. The molecule has 3 N–H and O–H groups in total. The van der Waals surface area contributed by atoms with Crippen molar-refractivity contribution in [1.29, 1.82) is 0 Å². The topological polar surface area (TPSA) is 122 Å². The van der Waals surface area contributed by atoms with Gasteiger partial charge in [-0.2, -0.15) is 0 Å². The van der Waals surface area contributed by atoms with Crippen molar-refractivity contribution in [3.63, 3.8) is 0 Å². The lowest BCUT2D eigenvalue weighted by molar-refractivity contribution is -0.383. The number of nitrogens with one attached hydrogen (secondary N) is 3. The second-order valence-corrected chi connectivity index (χ2v) is 6.12. The summed E-state index contributed by atoms with van der Waals surface area (Å²) in [5.41, 5.74) is 5.17. The van der Waals surface area contributed by atoms with Gasteiger partial charge in [-0.1, -0.05) is 35.9 Å². The molecule has 2 aromatic carbocycles. The van der Waals surface area contributed by atoms with Gasteiger partial charge in [0.05, 0.1) is 15.5 Å². The van der Waals surface area contributed by atoms with Crippen molar-refractivity contribution < 1.29 is 14.1 Å². The zero-order chi connectivity index (χ0) is 20.8. The van der Waals surface area contributed by atoms with Crippen LogP contribution in [0.25, 0.3) is 0 Å². The first-order valence-corrected chi connectivity index (χ1v) is 8.62. The van der Waals surface area contributed by atoms with Crippen LogP contribution in [0.1, 0.15) is 15.9 Å². The Labute approximate surface area is 169 Å². The summed E-state index contributed by atoms with van der Waals surface area (Å²) >= 11 is 5.96. The molecule has 0 aliphatic carbocycles. The zero-order valence-electron chi connectivity index (χ0n) is 14.7. The minimum Gasteiger partial charge on any atom is -0.360 e. The third kappa shape index (κ3) is 4.93. The standard InChI is InChI=1S/C18H14ClFN6O3/c19-14-4-2-1-3-13(14)18(27)25-24-17-15(26(28)29)16(22-10-23-17)21-9-11-5-7-12(20)8-6-11/h1-8,10H,9H2,(H,25,27)(H2,21,22,23,24). The Hall–Kier alpha value is -3.79. The van der Waals surface area contributed by atoms with Crippen molar-refractivity contribution in [3.8, 4) is 0 Å². The number of amides is 1. The number of hydrogen-bond acceptors (Lipinski definition) is 7. The number of carbonyl (C=O) groups excluding carboxylic acids is 1. The van der Waals surface area contributed by atoms with Gasteiger partial charge < -0.3 is 5.32 Å². The van der Waals surface area contributed by atoms with Gasteiger partial charge in [-0.3, -0.25) is 25.8 Å². The van der Waals surface area contributed by atoms with E-state index in [1.54, 1.807) is 30.3 Å². The molecule has 0 spiro atoms. The van der Waals surface area contributed by atoms with E-state index in [9.17, 15) is 19.3 Å². The van der Waals surface area contributed by atoms with E-state index in [4.69, 9.17) is 11.6 Å². The molecule has 0 radical (unpaired) electrons. The number of rotatable bonds is 7. The van der Waals surface area contributed by atoms with Gasteiger partial charge >= 0.3 is 5.69 Å². The number of benzene rings is 2. The monoisotopic (exact) mass is 416 g/mol. The lowest BCUT2D eigenvalue weighted by atomic mass is 10.2. The maximum absolute atomic E-state index is 13.0. The predicted octanol–water partition coefficient (Wildman–Crippen LogP) is 3.55. The van der Waals surface area contributed by atoms with E-state index in [-0.39, 0.29) is 34.6 Å². The molecule has 0 atom stereocenters. The van der Waals surface area contributed by atoms with Crippen LogP contribution in [-0.2, 0) is 6.54 Å². The Morgan fingerprint density at radius 3 is 2.48 bits per heavy atom. The summed E-state index contributed by atoms with van der Waals surface area (Å²) in [6, 6.07) is 12.0. The molecule has 1 heterocycles. The summed E-state index contributed by atoms with van der Waals surface area (Å²) in [5, 5.41) is 14.6. The molecule has 1 aromatic heterocycles. The molecular weight excluding hydrogens is 403 g/mol. The molecule has 0 aliphatic heterocycles. The van der Waals surface area contributed by atoms with E-state index in [2.05, 4.69) is 26.1 Å². The van der Waals surface area contributed by atoms with Gasteiger partial charge in [0, 0.05) is 6.54 Å². The highest BCUT2D eigenvalue weighted by molar-refractivity contribution is 6.33. The van der Waals surface area contributed by atoms with Crippen LogP contribution in [0.15, 0.2) is 54.9 Å². The molecule has 0 saturated heterocycles. The molecule has 0 fully saturated rings. The SMILES string of the molecule is O=C(NNc1ncnc(NCc2ccc(F)cc2)c1[N+](=O)[O-])c1ccccc1Cl. The molecule has 0 aliphatic rings. The number of hydrazine groups is 1. The van der Waals surface area contributed by atoms with Crippen molar-refractivity contribution >= 4 is 34.8 Å². The first-order valence-electron chi connectivity index (χ1n) is 8.24. The summed E-state index contributed by atoms with van der Waals surface area (Å²) in [6.07, 6.45) is 1.10. The molecule has 0 bridgehead atoms. The second kappa shape index (κ2) is 8.93. The van der Waals surface area contributed by atoms with E-state index < -0.39 is 16.5 Å². The molecule has 3 rings (SSSR count). The summed E-state index contributed by atoms with van der Waals surface area (Å²) in [6.45, 7) is 0.170. The number of hydrogen-bond donors (Lipinski definition) is 3. The molecule has 0 unspecified atom stereocenters. The highest BCUT2D eigenvalue weighted by atomic mass is 35.5. The molecule has 11 heteroatoms. The lowest BCUT2D eigenvalue weighted by Gasteiger charge is -2.11. The third-order valence-corrected chi connectivity index (χ3v) is 4.12. The highest BCUT2D eigenvalue weighted by Crippen LogP contribution is 2.28. The fourth-order valence-electron chi connectivity index (χ4n) is 2.39. The maximum Gasteiger partial charge on any atom is 0.354 e. The van der Waals surface area contributed by atoms with Gasteiger partial charge in [-0.25, -0.2) is 14.4 Å². The Balaban J connectivity index is 1.76. The molecule has 0 saturated carbocycles. The van der Waals surface area contributed by atoms with Gasteiger partial charge in [0.2, 0.25) is 11.6 Å². The average Bonchev–Trinajstić information content (AvgIpc) is 2.71. The minimum atomic E-state index is -0.684. The smallest absolute Gasteiger partial charge is 0.354 e. The van der Waals surface area contributed by atoms with Crippen LogP contribution < -0.4 is 16.2 Å². The van der Waals surface area contributed by atoms with Gasteiger partial charge in [0.1, 0.15) is 12.1 Å². The lowest BCUT2D eigenvalue weighted by Crippen LogP contribution is -2.30. The molecule has 9 nitrogen and oxygen atoms in total. The van der Waals surface area contributed by atoms with E-state index in [1.165, 1.54) is 18.2 Å². The largest absolute Gasteiger partial charge is 0.360 e. The Bertz CT molecular complexity index is 1050. The van der Waals surface area contributed by atoms with Gasteiger partial charge in [-0.05, 0) is 29.8 Å². The molecule has 1 amide bonds. The van der Waals surface area contributed by atoms with Gasteiger partial charge in [-0.15, -0.1) is 0 Å². The van der Waals surface area contributed by atoms with Crippen molar-refractivity contribution in [2.24, 2.45) is 0 Å². The fraction of sp³-hybridized carbons (Fsp3) is 0.0556. The maximum atomic E-state index is 13.0. The summed E-state index contributed by atoms with van der Waals surface area (Å²) in [5.74, 6) is -1.26. The summed E-state index contributed by atoms with van der Waals surface area (Å²) in [7, 11) is 0. The Kier molecular flexibility index (Phi) is 6.15. The summed E-state index contributed by atoms with van der Waals surface area (Å²) < 4.78 is 13.0. The summed E-state index contributed by atoms with van der Waals surface area (Å²) in [4.78, 5) is 30.8. The van der Waals surface area contributed by atoms with Crippen molar-refractivity contribution in [2.75, 3.05) is 10.7 Å². The van der Waals surface area contributed by atoms with Crippen LogP contribution in [0.5, 0.6) is 0 Å². The van der Waals surface area contributed by atoms with E-state index in [1.807, 2.05) is 0 Å². The second-order valence-electron chi connectivity index (χ2n) is 5.72. The average molecular weight is 417 g/mol.